The standard InChI is InChI=1S/C25H25ClFN5O3/c1-33-19-6-7-20(26)24(13-19)31(9-11-35-27)18-5-8-21-22(12-18)30-23(15-28-21)17-14-29-32(16-17)25-4-2-3-10-34-25/h5-8,12-16,25H,2-4,9-11H2,1H3. The fourth-order valence-electron chi connectivity index (χ4n) is 4.21. The minimum atomic E-state index is -0.139. The first-order chi connectivity index (χ1) is 17.2. The fourth-order valence-corrected chi connectivity index (χ4v) is 4.43. The molecule has 35 heavy (non-hydrogen) atoms. The summed E-state index contributed by atoms with van der Waals surface area (Å²) < 4.78 is 25.7. The van der Waals surface area contributed by atoms with Crippen molar-refractivity contribution in [2.45, 2.75) is 25.5 Å². The van der Waals surface area contributed by atoms with Gasteiger partial charge in [-0.1, -0.05) is 11.6 Å². The fraction of sp³-hybridized carbons (Fsp3) is 0.320. The van der Waals surface area contributed by atoms with E-state index in [1.54, 1.807) is 37.7 Å². The van der Waals surface area contributed by atoms with Crippen LogP contribution in [-0.4, -0.2) is 46.6 Å². The number of benzene rings is 2. The smallest absolute Gasteiger partial charge is 0.150 e. The van der Waals surface area contributed by atoms with E-state index in [1.807, 2.05) is 34.0 Å². The molecule has 0 N–H and O–H groups in total. The molecular weight excluding hydrogens is 473 g/mol. The number of rotatable bonds is 8. The van der Waals surface area contributed by atoms with Gasteiger partial charge in [-0.3, -0.25) is 4.98 Å². The molecule has 3 heterocycles. The van der Waals surface area contributed by atoms with Crippen molar-refractivity contribution in [3.63, 3.8) is 0 Å². The summed E-state index contributed by atoms with van der Waals surface area (Å²) in [6.45, 7) is 0.843. The van der Waals surface area contributed by atoms with Gasteiger partial charge in [-0.25, -0.2) is 9.67 Å². The zero-order valence-electron chi connectivity index (χ0n) is 19.2. The van der Waals surface area contributed by atoms with Gasteiger partial charge in [0.25, 0.3) is 0 Å². The summed E-state index contributed by atoms with van der Waals surface area (Å²) in [5, 5.41) is 4.98. The third-order valence-corrected chi connectivity index (χ3v) is 6.34. The number of fused-ring (bicyclic) bond motifs is 1. The van der Waals surface area contributed by atoms with Gasteiger partial charge in [-0.2, -0.15) is 10.0 Å². The lowest BCUT2D eigenvalue weighted by Crippen LogP contribution is -2.22. The van der Waals surface area contributed by atoms with Crippen molar-refractivity contribution in [3.8, 4) is 17.0 Å². The van der Waals surface area contributed by atoms with Gasteiger partial charge in [0.1, 0.15) is 18.6 Å². The molecule has 2 aromatic heterocycles. The van der Waals surface area contributed by atoms with Crippen molar-refractivity contribution in [1.29, 1.82) is 0 Å². The van der Waals surface area contributed by atoms with E-state index in [0.29, 0.717) is 27.7 Å². The number of hydrogen-bond acceptors (Lipinski definition) is 7. The van der Waals surface area contributed by atoms with Crippen molar-refractivity contribution in [2.24, 2.45) is 0 Å². The third kappa shape index (κ3) is 5.07. The Bertz CT molecular complexity index is 1310. The monoisotopic (exact) mass is 497 g/mol. The lowest BCUT2D eigenvalue weighted by atomic mass is 10.2. The van der Waals surface area contributed by atoms with E-state index in [-0.39, 0.29) is 19.4 Å². The molecule has 2 aromatic carbocycles. The van der Waals surface area contributed by atoms with Crippen molar-refractivity contribution in [2.75, 3.05) is 31.8 Å². The third-order valence-electron chi connectivity index (χ3n) is 6.02. The van der Waals surface area contributed by atoms with Gasteiger partial charge in [0.15, 0.2) is 0 Å². The number of hydrogen-bond donors (Lipinski definition) is 0. The average Bonchev–Trinajstić information content (AvgIpc) is 3.40. The first-order valence-corrected chi connectivity index (χ1v) is 11.8. The van der Waals surface area contributed by atoms with E-state index < -0.39 is 0 Å². The number of anilines is 2. The Kier molecular flexibility index (Phi) is 7.08. The van der Waals surface area contributed by atoms with Crippen LogP contribution in [0.2, 0.25) is 5.02 Å². The van der Waals surface area contributed by atoms with Crippen molar-refractivity contribution in [1.82, 2.24) is 19.7 Å². The van der Waals surface area contributed by atoms with Crippen LogP contribution < -0.4 is 9.64 Å². The Hall–Kier alpha value is -3.27. The summed E-state index contributed by atoms with van der Waals surface area (Å²) in [5.74, 6) is 0.636. The highest BCUT2D eigenvalue weighted by Crippen LogP contribution is 2.36. The molecule has 4 aromatic rings. The normalized spacial score (nSPS) is 15.9. The Balaban J connectivity index is 1.49. The maximum atomic E-state index is 12.6. The molecule has 1 fully saturated rings. The summed E-state index contributed by atoms with van der Waals surface area (Å²) in [4.78, 5) is 15.1. The molecule has 8 nitrogen and oxygen atoms in total. The predicted octanol–water partition coefficient (Wildman–Crippen LogP) is 5.89. The first-order valence-electron chi connectivity index (χ1n) is 11.4. The Morgan fingerprint density at radius 3 is 2.89 bits per heavy atom. The van der Waals surface area contributed by atoms with E-state index >= 15 is 0 Å². The number of halogens is 2. The molecule has 0 amide bonds. The molecule has 182 valence electrons. The molecule has 0 spiro atoms. The summed E-state index contributed by atoms with van der Waals surface area (Å²) in [5.41, 5.74) is 4.42. The SMILES string of the molecule is COc1ccc(Cl)c(N(CCOF)c2ccc3ncc(-c4cnn(C5CCCCO5)c4)nc3c2)c1. The van der Waals surface area contributed by atoms with Crippen LogP contribution in [0.5, 0.6) is 5.75 Å². The highest BCUT2D eigenvalue weighted by atomic mass is 35.5. The van der Waals surface area contributed by atoms with Crippen molar-refractivity contribution < 1.29 is 18.9 Å². The first kappa shape index (κ1) is 23.5. The zero-order chi connectivity index (χ0) is 24.2. The number of nitrogens with zero attached hydrogens (tertiary/aromatic N) is 5. The molecule has 5 rings (SSSR count). The van der Waals surface area contributed by atoms with Crippen LogP contribution in [-0.2, 0) is 9.68 Å². The Labute approximate surface area is 207 Å². The minimum absolute atomic E-state index is 0.0450. The summed E-state index contributed by atoms with van der Waals surface area (Å²) in [6, 6.07) is 11.0. The predicted molar refractivity (Wildman–Crippen MR) is 132 cm³/mol. The minimum Gasteiger partial charge on any atom is -0.497 e. The summed E-state index contributed by atoms with van der Waals surface area (Å²) in [6.07, 6.45) is 8.56. The molecule has 0 saturated carbocycles. The van der Waals surface area contributed by atoms with E-state index in [9.17, 15) is 4.53 Å². The van der Waals surface area contributed by atoms with Gasteiger partial charge in [0.2, 0.25) is 0 Å². The molecule has 1 aliphatic heterocycles. The second kappa shape index (κ2) is 10.6. The topological polar surface area (TPSA) is 74.5 Å². The Morgan fingerprint density at radius 1 is 1.17 bits per heavy atom. The molecule has 0 bridgehead atoms. The number of ether oxygens (including phenoxy) is 2. The van der Waals surface area contributed by atoms with E-state index in [4.69, 9.17) is 26.1 Å². The molecule has 0 radical (unpaired) electrons. The second-order valence-corrected chi connectivity index (χ2v) is 8.65. The highest BCUT2D eigenvalue weighted by molar-refractivity contribution is 6.33. The highest BCUT2D eigenvalue weighted by Gasteiger charge is 2.18. The van der Waals surface area contributed by atoms with Crippen molar-refractivity contribution >= 4 is 34.0 Å². The molecule has 0 aliphatic carbocycles. The van der Waals surface area contributed by atoms with Gasteiger partial charge >= 0.3 is 0 Å². The van der Waals surface area contributed by atoms with Gasteiger partial charge in [-0.15, -0.1) is 0 Å². The maximum Gasteiger partial charge on any atom is 0.150 e. The van der Waals surface area contributed by atoms with Gasteiger partial charge in [0, 0.05) is 30.1 Å². The van der Waals surface area contributed by atoms with Crippen LogP contribution in [0.3, 0.4) is 0 Å². The average molecular weight is 498 g/mol. The number of aromatic nitrogens is 4. The van der Waals surface area contributed by atoms with Gasteiger partial charge in [-0.05, 0) is 54.1 Å². The summed E-state index contributed by atoms with van der Waals surface area (Å²) >= 11 is 6.49. The van der Waals surface area contributed by atoms with Crippen LogP contribution in [0.4, 0.5) is 15.9 Å². The molecule has 1 atom stereocenters. The molecule has 1 unspecified atom stereocenters. The van der Waals surface area contributed by atoms with E-state index in [1.165, 1.54) is 0 Å². The van der Waals surface area contributed by atoms with Gasteiger partial charge in [0.05, 0.1) is 53.5 Å². The largest absolute Gasteiger partial charge is 0.497 e. The molecule has 1 aliphatic rings. The Morgan fingerprint density at radius 2 is 2.09 bits per heavy atom. The van der Waals surface area contributed by atoms with Crippen LogP contribution in [0.1, 0.15) is 25.5 Å². The second-order valence-electron chi connectivity index (χ2n) is 8.24. The van der Waals surface area contributed by atoms with Crippen molar-refractivity contribution in [3.05, 3.63) is 60.0 Å². The molecular formula is C25H25ClFN5O3. The van der Waals surface area contributed by atoms with E-state index in [0.717, 1.165) is 42.6 Å². The van der Waals surface area contributed by atoms with Crippen LogP contribution in [0, 0.1) is 0 Å². The quantitative estimate of drug-likeness (QED) is 0.300. The van der Waals surface area contributed by atoms with Crippen LogP contribution in [0.15, 0.2) is 55.0 Å². The maximum absolute atomic E-state index is 12.6. The van der Waals surface area contributed by atoms with Crippen LogP contribution in [0.25, 0.3) is 22.3 Å². The lowest BCUT2D eigenvalue weighted by Gasteiger charge is -2.26. The summed E-state index contributed by atoms with van der Waals surface area (Å²) in [7, 11) is 1.58. The molecule has 1 saturated heterocycles. The van der Waals surface area contributed by atoms with Gasteiger partial charge < -0.3 is 14.4 Å². The number of methoxy groups -OCH3 is 1. The molecule has 10 heteroatoms. The lowest BCUT2D eigenvalue weighted by molar-refractivity contribution is -0.128. The van der Waals surface area contributed by atoms with Crippen LogP contribution >= 0.6 is 11.6 Å². The van der Waals surface area contributed by atoms with E-state index in [2.05, 4.69) is 15.0 Å². The zero-order valence-corrected chi connectivity index (χ0v) is 20.0.